The molecule has 1 atom stereocenters. The van der Waals surface area contributed by atoms with Crippen LogP contribution in [0.1, 0.15) is 25.0 Å². The van der Waals surface area contributed by atoms with E-state index in [2.05, 4.69) is 26.7 Å². The predicted octanol–water partition coefficient (Wildman–Crippen LogP) is 6.22. The number of rotatable bonds is 7. The number of thioether (sulfide) groups is 1. The first-order chi connectivity index (χ1) is 17.3. The average molecular weight is 507 g/mol. The van der Waals surface area contributed by atoms with E-state index >= 15 is 0 Å². The van der Waals surface area contributed by atoms with Gasteiger partial charge >= 0.3 is 6.03 Å². The van der Waals surface area contributed by atoms with E-state index in [0.29, 0.717) is 28.7 Å². The van der Waals surface area contributed by atoms with Crippen LogP contribution in [0.15, 0.2) is 53.3 Å². The summed E-state index contributed by atoms with van der Waals surface area (Å²) in [5, 5.41) is 7.63. The number of aryl methyl sites for hydroxylation is 2. The second-order valence-corrected chi connectivity index (χ2v) is 9.54. The van der Waals surface area contributed by atoms with E-state index in [-0.39, 0.29) is 12.1 Å². The maximum Gasteiger partial charge on any atom is 0.319 e. The van der Waals surface area contributed by atoms with Crippen LogP contribution in [0.2, 0.25) is 0 Å². The van der Waals surface area contributed by atoms with Gasteiger partial charge < -0.3 is 24.8 Å². The summed E-state index contributed by atoms with van der Waals surface area (Å²) in [6.07, 6.45) is 3.76. The smallest absolute Gasteiger partial charge is 0.319 e. The number of carbonyl (C=O) groups excluding carboxylic acids is 1. The molecule has 36 heavy (non-hydrogen) atoms. The number of amides is 2. The predicted molar refractivity (Wildman–Crippen MR) is 146 cm³/mol. The molecule has 0 saturated heterocycles. The molecule has 1 aliphatic rings. The highest BCUT2D eigenvalue weighted by Crippen LogP contribution is 2.38. The van der Waals surface area contributed by atoms with Crippen molar-refractivity contribution in [3.05, 3.63) is 59.4 Å². The highest BCUT2D eigenvalue weighted by Gasteiger charge is 2.18. The van der Waals surface area contributed by atoms with Crippen LogP contribution in [-0.4, -0.2) is 42.1 Å². The van der Waals surface area contributed by atoms with Gasteiger partial charge in [-0.1, -0.05) is 6.08 Å². The Kier molecular flexibility index (Phi) is 7.69. The molecule has 1 aliphatic heterocycles. The summed E-state index contributed by atoms with van der Waals surface area (Å²) in [4.78, 5) is 21.6. The lowest BCUT2D eigenvalue weighted by Gasteiger charge is -2.20. The second kappa shape index (κ2) is 10.9. The minimum atomic E-state index is -0.282. The number of urea groups is 1. The number of benzene rings is 2. The number of hydrogen-bond acceptors (Lipinski definition) is 7. The number of carbonyl (C=O) groups is 1. The van der Waals surface area contributed by atoms with Crippen LogP contribution in [-0.2, 0) is 0 Å². The number of fused-ring (bicyclic) bond motifs is 1. The molecule has 0 spiro atoms. The normalized spacial score (nSPS) is 13.9. The van der Waals surface area contributed by atoms with Crippen molar-refractivity contribution in [3.8, 4) is 23.0 Å². The van der Waals surface area contributed by atoms with E-state index in [9.17, 15) is 4.79 Å². The fourth-order valence-electron chi connectivity index (χ4n) is 3.83. The molecule has 1 unspecified atom stereocenters. The van der Waals surface area contributed by atoms with Gasteiger partial charge in [0.2, 0.25) is 0 Å². The van der Waals surface area contributed by atoms with Crippen molar-refractivity contribution >= 4 is 39.4 Å². The number of aliphatic imine (C=N–C) groups is 1. The Hall–Kier alpha value is -3.72. The van der Waals surface area contributed by atoms with Gasteiger partial charge in [-0.3, -0.25) is 4.98 Å². The van der Waals surface area contributed by atoms with Crippen molar-refractivity contribution in [1.29, 1.82) is 0 Å². The molecule has 1 aromatic heterocycles. The highest BCUT2D eigenvalue weighted by molar-refractivity contribution is 8.14. The summed E-state index contributed by atoms with van der Waals surface area (Å²) in [5.74, 6) is 3.39. The van der Waals surface area contributed by atoms with Crippen molar-refractivity contribution < 1.29 is 19.0 Å². The van der Waals surface area contributed by atoms with Gasteiger partial charge in [0.15, 0.2) is 11.5 Å². The number of ether oxygens (including phenoxy) is 3. The number of methoxy groups -OCH3 is 2. The quantitative estimate of drug-likeness (QED) is 0.395. The largest absolute Gasteiger partial charge is 0.493 e. The zero-order valence-corrected chi connectivity index (χ0v) is 22.1. The molecule has 2 amide bonds. The van der Waals surface area contributed by atoms with Gasteiger partial charge in [0.05, 0.1) is 30.8 Å². The molecule has 2 heterocycles. The van der Waals surface area contributed by atoms with E-state index in [1.807, 2.05) is 58.0 Å². The number of anilines is 1. The maximum absolute atomic E-state index is 12.7. The standard InChI is InChI=1S/C27H30N4O4S/c1-15-12-23(35-22-7-9-28-21-14-25(34-6)24(33-5)13-19(21)22)16(2)11-20(15)31-27(32)30-18(4)26-29-17(3)8-10-36-26/h7-9,11-14,18H,10H2,1-6H3,(H2,30,31,32). The third kappa shape index (κ3) is 5.57. The van der Waals surface area contributed by atoms with Gasteiger partial charge in [0.1, 0.15) is 11.5 Å². The molecule has 2 N–H and O–H groups in total. The van der Waals surface area contributed by atoms with E-state index in [0.717, 1.165) is 38.5 Å². The third-order valence-corrected chi connectivity index (χ3v) is 6.89. The van der Waals surface area contributed by atoms with Gasteiger partial charge in [0.25, 0.3) is 0 Å². The molecular weight excluding hydrogens is 476 g/mol. The highest BCUT2D eigenvalue weighted by atomic mass is 32.2. The van der Waals surface area contributed by atoms with E-state index in [1.165, 1.54) is 0 Å². The zero-order valence-electron chi connectivity index (χ0n) is 21.3. The van der Waals surface area contributed by atoms with Crippen LogP contribution in [0, 0.1) is 13.8 Å². The second-order valence-electron chi connectivity index (χ2n) is 8.49. The van der Waals surface area contributed by atoms with Crippen LogP contribution < -0.4 is 24.8 Å². The van der Waals surface area contributed by atoms with Gasteiger partial charge in [-0.15, -0.1) is 11.8 Å². The van der Waals surface area contributed by atoms with Crippen LogP contribution in [0.5, 0.6) is 23.0 Å². The molecule has 0 aliphatic carbocycles. The minimum Gasteiger partial charge on any atom is -0.493 e. The lowest BCUT2D eigenvalue weighted by atomic mass is 10.1. The topological polar surface area (TPSA) is 94.1 Å². The van der Waals surface area contributed by atoms with Crippen molar-refractivity contribution in [1.82, 2.24) is 10.3 Å². The molecule has 0 fully saturated rings. The Morgan fingerprint density at radius 1 is 1.00 bits per heavy atom. The molecule has 9 heteroatoms. The fourth-order valence-corrected chi connectivity index (χ4v) is 4.84. The third-order valence-electron chi connectivity index (χ3n) is 5.81. The van der Waals surface area contributed by atoms with E-state index < -0.39 is 0 Å². The molecule has 2 aromatic carbocycles. The average Bonchev–Trinajstić information content (AvgIpc) is 2.86. The van der Waals surface area contributed by atoms with Gasteiger partial charge in [-0.25, -0.2) is 9.79 Å². The summed E-state index contributed by atoms with van der Waals surface area (Å²) in [6, 6.07) is 8.84. The first kappa shape index (κ1) is 25.4. The summed E-state index contributed by atoms with van der Waals surface area (Å²) in [7, 11) is 3.18. The van der Waals surface area contributed by atoms with Crippen molar-refractivity contribution in [2.75, 3.05) is 25.3 Å². The summed E-state index contributed by atoms with van der Waals surface area (Å²) in [5.41, 5.74) is 4.17. The Morgan fingerprint density at radius 3 is 2.47 bits per heavy atom. The van der Waals surface area contributed by atoms with E-state index in [4.69, 9.17) is 14.2 Å². The molecule has 8 nitrogen and oxygen atoms in total. The molecule has 188 valence electrons. The number of hydrogen-bond donors (Lipinski definition) is 2. The minimum absolute atomic E-state index is 0.182. The van der Waals surface area contributed by atoms with Crippen LogP contribution in [0.4, 0.5) is 10.5 Å². The number of nitrogens with zero attached hydrogens (tertiary/aromatic N) is 2. The number of nitrogens with one attached hydrogen (secondary N) is 2. The lowest BCUT2D eigenvalue weighted by Crippen LogP contribution is -2.40. The molecule has 0 radical (unpaired) electrons. The maximum atomic E-state index is 12.7. The Morgan fingerprint density at radius 2 is 1.75 bits per heavy atom. The van der Waals surface area contributed by atoms with Crippen LogP contribution in [0.3, 0.4) is 0 Å². The van der Waals surface area contributed by atoms with Crippen molar-refractivity contribution in [2.24, 2.45) is 4.99 Å². The van der Waals surface area contributed by atoms with Crippen molar-refractivity contribution in [3.63, 3.8) is 0 Å². The molecule has 4 rings (SSSR count). The van der Waals surface area contributed by atoms with Gasteiger partial charge in [0, 0.05) is 34.8 Å². The SMILES string of the molecule is COc1cc2nccc(Oc3cc(C)c(NC(=O)NC(C)C4=NC(C)=CCS4)cc3C)c2cc1OC. The number of pyridine rings is 1. The zero-order chi connectivity index (χ0) is 25.8. The molecule has 3 aromatic rings. The van der Waals surface area contributed by atoms with Gasteiger partial charge in [-0.2, -0.15) is 0 Å². The Balaban J connectivity index is 1.52. The summed E-state index contributed by atoms with van der Waals surface area (Å²) < 4.78 is 17.1. The van der Waals surface area contributed by atoms with Crippen LogP contribution in [0.25, 0.3) is 10.9 Å². The summed E-state index contributed by atoms with van der Waals surface area (Å²) >= 11 is 1.63. The number of allylic oxidation sites excluding steroid dienone is 1. The monoisotopic (exact) mass is 506 g/mol. The van der Waals surface area contributed by atoms with Crippen LogP contribution >= 0.6 is 11.8 Å². The number of aromatic nitrogens is 1. The molecule has 0 bridgehead atoms. The first-order valence-electron chi connectivity index (χ1n) is 11.5. The van der Waals surface area contributed by atoms with Gasteiger partial charge in [-0.05, 0) is 63.1 Å². The van der Waals surface area contributed by atoms with Crippen molar-refractivity contribution in [2.45, 2.75) is 33.7 Å². The summed E-state index contributed by atoms with van der Waals surface area (Å²) in [6.45, 7) is 7.77. The van der Waals surface area contributed by atoms with E-state index in [1.54, 1.807) is 32.2 Å². The molecule has 0 saturated carbocycles. The fraction of sp³-hybridized carbons (Fsp3) is 0.296. The molecular formula is C27H30N4O4S. The first-order valence-corrected chi connectivity index (χ1v) is 12.5. The lowest BCUT2D eigenvalue weighted by molar-refractivity contribution is 0.251. The Bertz CT molecular complexity index is 1370. The Labute approximate surface area is 215 Å².